The summed E-state index contributed by atoms with van der Waals surface area (Å²) in [6.07, 6.45) is 1.55. The van der Waals surface area contributed by atoms with Crippen LogP contribution in [-0.2, 0) is 13.0 Å². The molecule has 0 radical (unpaired) electrons. The molecule has 4 N–H and O–H groups in total. The zero-order valence-electron chi connectivity index (χ0n) is 11.5. The van der Waals surface area contributed by atoms with E-state index in [0.29, 0.717) is 18.7 Å². The van der Waals surface area contributed by atoms with E-state index in [1.165, 1.54) is 0 Å². The van der Waals surface area contributed by atoms with Crippen LogP contribution in [0.25, 0.3) is 0 Å². The van der Waals surface area contributed by atoms with Gasteiger partial charge in [0.1, 0.15) is 5.69 Å². The Morgan fingerprint density at radius 3 is 2.86 bits per heavy atom. The highest BCUT2D eigenvalue weighted by Gasteiger charge is 2.32. The topological polar surface area (TPSA) is 88.2 Å². The Labute approximate surface area is 122 Å². The molecule has 108 valence electrons. The molecular formula is C16H17N3O2. The quantitative estimate of drug-likeness (QED) is 0.782. The van der Waals surface area contributed by atoms with Crippen molar-refractivity contribution >= 4 is 5.91 Å². The molecule has 1 aliphatic carbocycles. The van der Waals surface area contributed by atoms with Crippen LogP contribution in [0.1, 0.15) is 33.2 Å². The van der Waals surface area contributed by atoms with Gasteiger partial charge in [-0.1, -0.05) is 30.3 Å². The first kappa shape index (κ1) is 13.7. The summed E-state index contributed by atoms with van der Waals surface area (Å²) < 4.78 is 0. The number of nitrogens with two attached hydrogens (primary N) is 1. The largest absolute Gasteiger partial charge is 0.390 e. The molecule has 5 nitrogen and oxygen atoms in total. The highest BCUT2D eigenvalue weighted by molar-refractivity contribution is 5.92. The number of hydrogen-bond acceptors (Lipinski definition) is 4. The first-order valence-corrected chi connectivity index (χ1v) is 6.91. The van der Waals surface area contributed by atoms with Gasteiger partial charge in [-0.25, -0.2) is 0 Å². The molecule has 0 saturated heterocycles. The van der Waals surface area contributed by atoms with Crippen LogP contribution in [0.2, 0.25) is 0 Å². The van der Waals surface area contributed by atoms with Crippen molar-refractivity contribution in [2.75, 3.05) is 0 Å². The van der Waals surface area contributed by atoms with Gasteiger partial charge in [0.25, 0.3) is 5.91 Å². The summed E-state index contributed by atoms with van der Waals surface area (Å²) in [6.45, 7) is 0.392. The van der Waals surface area contributed by atoms with Gasteiger partial charge in [-0.3, -0.25) is 9.78 Å². The van der Waals surface area contributed by atoms with Gasteiger partial charge in [0.2, 0.25) is 0 Å². The predicted octanol–water partition coefficient (Wildman–Crippen LogP) is 0.928. The van der Waals surface area contributed by atoms with Crippen molar-refractivity contribution in [3.63, 3.8) is 0 Å². The Morgan fingerprint density at radius 1 is 1.33 bits per heavy atom. The maximum atomic E-state index is 12.2. The predicted molar refractivity (Wildman–Crippen MR) is 78.5 cm³/mol. The van der Waals surface area contributed by atoms with Gasteiger partial charge in [0.15, 0.2) is 0 Å². The molecule has 21 heavy (non-hydrogen) atoms. The fraction of sp³-hybridized carbons (Fsp3) is 0.250. The number of nitrogens with zero attached hydrogens (tertiary/aromatic N) is 1. The van der Waals surface area contributed by atoms with Gasteiger partial charge >= 0.3 is 0 Å². The minimum atomic E-state index is -0.602. The molecule has 0 spiro atoms. The number of carbonyl (C=O) groups is 1. The summed E-state index contributed by atoms with van der Waals surface area (Å²) in [4.78, 5) is 16.3. The first-order valence-electron chi connectivity index (χ1n) is 6.91. The Bertz CT molecular complexity index is 655. The number of amides is 1. The second kappa shape index (κ2) is 5.63. The zero-order valence-corrected chi connectivity index (χ0v) is 11.5. The van der Waals surface area contributed by atoms with Crippen LogP contribution in [0.4, 0.5) is 0 Å². The van der Waals surface area contributed by atoms with Crippen molar-refractivity contribution in [2.24, 2.45) is 5.73 Å². The SMILES string of the molecule is NCc1ccc(C(=O)N[C@H]2c3ccccc3C[C@H]2O)nc1. The van der Waals surface area contributed by atoms with E-state index in [4.69, 9.17) is 5.73 Å². The molecule has 5 heteroatoms. The van der Waals surface area contributed by atoms with Gasteiger partial charge in [-0.15, -0.1) is 0 Å². The van der Waals surface area contributed by atoms with E-state index in [1.54, 1.807) is 18.3 Å². The molecule has 1 amide bonds. The molecule has 0 bridgehead atoms. The van der Waals surface area contributed by atoms with E-state index in [0.717, 1.165) is 16.7 Å². The lowest BCUT2D eigenvalue weighted by molar-refractivity contribution is 0.0853. The Balaban J connectivity index is 1.78. The highest BCUT2D eigenvalue weighted by Crippen LogP contribution is 2.31. The van der Waals surface area contributed by atoms with Crippen LogP contribution < -0.4 is 11.1 Å². The molecule has 0 unspecified atom stereocenters. The molecule has 3 rings (SSSR count). The number of aliphatic hydroxyl groups is 1. The number of rotatable bonds is 3. The number of fused-ring (bicyclic) bond motifs is 1. The van der Waals surface area contributed by atoms with Gasteiger partial charge in [-0.2, -0.15) is 0 Å². The van der Waals surface area contributed by atoms with Gasteiger partial charge in [0, 0.05) is 19.2 Å². The molecule has 1 heterocycles. The maximum absolute atomic E-state index is 12.2. The third kappa shape index (κ3) is 2.66. The molecule has 1 aliphatic rings. The number of hydrogen-bond donors (Lipinski definition) is 3. The lowest BCUT2D eigenvalue weighted by Gasteiger charge is -2.17. The number of benzene rings is 1. The molecule has 1 aromatic carbocycles. The van der Waals surface area contributed by atoms with Crippen LogP contribution in [0.3, 0.4) is 0 Å². The van der Waals surface area contributed by atoms with Gasteiger partial charge in [0.05, 0.1) is 12.1 Å². The smallest absolute Gasteiger partial charge is 0.270 e. The van der Waals surface area contributed by atoms with Gasteiger partial charge in [-0.05, 0) is 22.8 Å². The molecule has 2 atom stereocenters. The van der Waals surface area contributed by atoms with E-state index >= 15 is 0 Å². The molecular weight excluding hydrogens is 266 g/mol. The average Bonchev–Trinajstić information content (AvgIpc) is 2.83. The minimum absolute atomic E-state index is 0.292. The van der Waals surface area contributed by atoms with Crippen LogP contribution in [-0.4, -0.2) is 22.1 Å². The third-order valence-electron chi connectivity index (χ3n) is 3.78. The number of aromatic nitrogens is 1. The summed E-state index contributed by atoms with van der Waals surface area (Å²) in [7, 11) is 0. The number of aliphatic hydroxyl groups excluding tert-OH is 1. The van der Waals surface area contributed by atoms with Crippen LogP contribution in [0, 0.1) is 0 Å². The molecule has 0 saturated carbocycles. The first-order chi connectivity index (χ1) is 10.2. The Morgan fingerprint density at radius 2 is 2.14 bits per heavy atom. The summed E-state index contributed by atoms with van der Waals surface area (Å²) in [5, 5.41) is 13.0. The summed E-state index contributed by atoms with van der Waals surface area (Å²) in [5.74, 6) is -0.292. The second-order valence-electron chi connectivity index (χ2n) is 5.18. The molecule has 1 aromatic heterocycles. The van der Waals surface area contributed by atoms with Crippen molar-refractivity contribution in [2.45, 2.75) is 25.1 Å². The molecule has 2 aromatic rings. The van der Waals surface area contributed by atoms with E-state index in [9.17, 15) is 9.90 Å². The van der Waals surface area contributed by atoms with Gasteiger partial charge < -0.3 is 16.2 Å². The van der Waals surface area contributed by atoms with Crippen LogP contribution in [0.5, 0.6) is 0 Å². The van der Waals surface area contributed by atoms with Crippen LogP contribution in [0.15, 0.2) is 42.6 Å². The Hall–Kier alpha value is -2.24. The number of carbonyl (C=O) groups excluding carboxylic acids is 1. The van der Waals surface area contributed by atoms with E-state index < -0.39 is 6.10 Å². The van der Waals surface area contributed by atoms with E-state index in [2.05, 4.69) is 10.3 Å². The lowest BCUT2D eigenvalue weighted by atomic mass is 10.1. The molecule has 0 fully saturated rings. The summed E-state index contributed by atoms with van der Waals surface area (Å²) in [6, 6.07) is 10.8. The van der Waals surface area contributed by atoms with E-state index in [-0.39, 0.29) is 11.9 Å². The van der Waals surface area contributed by atoms with Crippen LogP contribution >= 0.6 is 0 Å². The van der Waals surface area contributed by atoms with Crippen molar-refractivity contribution in [3.05, 3.63) is 65.0 Å². The van der Waals surface area contributed by atoms with Crippen molar-refractivity contribution in [1.82, 2.24) is 10.3 Å². The summed E-state index contributed by atoms with van der Waals surface area (Å²) in [5.41, 5.74) is 8.74. The van der Waals surface area contributed by atoms with Crippen molar-refractivity contribution in [3.8, 4) is 0 Å². The zero-order chi connectivity index (χ0) is 14.8. The fourth-order valence-electron chi connectivity index (χ4n) is 2.64. The fourth-order valence-corrected chi connectivity index (χ4v) is 2.64. The van der Waals surface area contributed by atoms with Crippen molar-refractivity contribution < 1.29 is 9.90 Å². The number of nitrogens with one attached hydrogen (secondary N) is 1. The normalized spacial score (nSPS) is 20.1. The third-order valence-corrected chi connectivity index (χ3v) is 3.78. The standard InChI is InChI=1S/C16H17N3O2/c17-8-10-5-6-13(18-9-10)16(21)19-15-12-4-2-1-3-11(12)7-14(15)20/h1-6,9,14-15,20H,7-8,17H2,(H,19,21)/t14-,15+/m1/s1. The molecule has 0 aliphatic heterocycles. The monoisotopic (exact) mass is 283 g/mol. The Kier molecular flexibility index (Phi) is 3.68. The summed E-state index contributed by atoms with van der Waals surface area (Å²) >= 11 is 0. The highest BCUT2D eigenvalue weighted by atomic mass is 16.3. The van der Waals surface area contributed by atoms with Crippen molar-refractivity contribution in [1.29, 1.82) is 0 Å². The number of pyridine rings is 1. The average molecular weight is 283 g/mol. The van der Waals surface area contributed by atoms with E-state index in [1.807, 2.05) is 24.3 Å². The maximum Gasteiger partial charge on any atom is 0.270 e. The lowest BCUT2D eigenvalue weighted by Crippen LogP contribution is -2.34. The second-order valence-corrected chi connectivity index (χ2v) is 5.18. The minimum Gasteiger partial charge on any atom is -0.390 e.